The van der Waals surface area contributed by atoms with Crippen molar-refractivity contribution in [1.29, 1.82) is 0 Å². The van der Waals surface area contributed by atoms with Gasteiger partial charge in [-0.1, -0.05) is 0 Å². The topological polar surface area (TPSA) is 59.2 Å². The lowest BCUT2D eigenvalue weighted by Gasteiger charge is -2.21. The largest absolute Gasteiger partial charge is 0.486 e. The van der Waals surface area contributed by atoms with Crippen LogP contribution in [0.4, 0.5) is 0 Å². The molecule has 5 heteroatoms. The number of ether oxygens (including phenoxy) is 2. The van der Waals surface area contributed by atoms with Crippen LogP contribution in [-0.2, 0) is 6.54 Å². The van der Waals surface area contributed by atoms with Gasteiger partial charge < -0.3 is 14.8 Å². The molecule has 1 aliphatic rings. The highest BCUT2D eigenvalue weighted by Gasteiger charge is 2.16. The number of hydrogen-bond acceptors (Lipinski definition) is 4. The standard InChI is InChI=1S/C16H21N3O2/c1-16(2,3)17-9-12-10-18-19-15(12)11-4-5-13-14(8-11)21-7-6-20-13/h4-5,8,10,17H,6-7,9H2,1-3H3,(H,18,19). The maximum absolute atomic E-state index is 5.64. The van der Waals surface area contributed by atoms with Gasteiger partial charge in [-0.15, -0.1) is 0 Å². The number of nitrogens with zero attached hydrogens (tertiary/aromatic N) is 1. The molecule has 0 atom stereocenters. The highest BCUT2D eigenvalue weighted by Crippen LogP contribution is 2.34. The number of benzene rings is 1. The van der Waals surface area contributed by atoms with Crippen LogP contribution in [0.5, 0.6) is 11.5 Å². The zero-order valence-electron chi connectivity index (χ0n) is 12.7. The van der Waals surface area contributed by atoms with E-state index in [0.29, 0.717) is 13.2 Å². The molecule has 1 aromatic heterocycles. The lowest BCUT2D eigenvalue weighted by atomic mass is 10.1. The van der Waals surface area contributed by atoms with Crippen molar-refractivity contribution in [3.63, 3.8) is 0 Å². The maximum Gasteiger partial charge on any atom is 0.162 e. The summed E-state index contributed by atoms with van der Waals surface area (Å²) in [5.74, 6) is 1.60. The summed E-state index contributed by atoms with van der Waals surface area (Å²) in [6.07, 6.45) is 1.87. The van der Waals surface area contributed by atoms with Gasteiger partial charge in [0, 0.05) is 23.2 Å². The third kappa shape index (κ3) is 3.19. The van der Waals surface area contributed by atoms with Crippen molar-refractivity contribution in [2.24, 2.45) is 0 Å². The highest BCUT2D eigenvalue weighted by atomic mass is 16.6. The van der Waals surface area contributed by atoms with Crippen molar-refractivity contribution in [3.8, 4) is 22.8 Å². The number of aromatic nitrogens is 2. The fraction of sp³-hybridized carbons (Fsp3) is 0.438. The first-order valence-electron chi connectivity index (χ1n) is 7.20. The van der Waals surface area contributed by atoms with Crippen LogP contribution in [0, 0.1) is 0 Å². The van der Waals surface area contributed by atoms with Crippen molar-refractivity contribution in [2.45, 2.75) is 32.9 Å². The molecule has 0 spiro atoms. The number of hydrogen-bond donors (Lipinski definition) is 2. The molecule has 5 nitrogen and oxygen atoms in total. The van der Waals surface area contributed by atoms with Gasteiger partial charge in [0.25, 0.3) is 0 Å². The van der Waals surface area contributed by atoms with Crippen molar-refractivity contribution >= 4 is 0 Å². The Balaban J connectivity index is 1.86. The van der Waals surface area contributed by atoms with Crippen LogP contribution in [0.25, 0.3) is 11.3 Å². The second kappa shape index (κ2) is 5.41. The molecule has 1 aliphatic heterocycles. The molecule has 2 heterocycles. The molecule has 3 rings (SSSR count). The van der Waals surface area contributed by atoms with Crippen molar-refractivity contribution < 1.29 is 9.47 Å². The molecule has 0 saturated carbocycles. The van der Waals surface area contributed by atoms with Gasteiger partial charge in [-0.05, 0) is 39.0 Å². The van der Waals surface area contributed by atoms with Crippen LogP contribution in [0.1, 0.15) is 26.3 Å². The van der Waals surface area contributed by atoms with Crippen molar-refractivity contribution in [1.82, 2.24) is 15.5 Å². The predicted molar refractivity (Wildman–Crippen MR) is 81.6 cm³/mol. The highest BCUT2D eigenvalue weighted by molar-refractivity contribution is 5.66. The van der Waals surface area contributed by atoms with E-state index in [2.05, 4.69) is 36.3 Å². The first-order valence-corrected chi connectivity index (χ1v) is 7.20. The van der Waals surface area contributed by atoms with Crippen LogP contribution in [0.15, 0.2) is 24.4 Å². The van der Waals surface area contributed by atoms with Crippen LogP contribution < -0.4 is 14.8 Å². The second-order valence-corrected chi connectivity index (χ2v) is 6.23. The average molecular weight is 287 g/mol. The molecule has 21 heavy (non-hydrogen) atoms. The molecular formula is C16H21N3O2. The minimum Gasteiger partial charge on any atom is -0.486 e. The Hall–Kier alpha value is -2.01. The second-order valence-electron chi connectivity index (χ2n) is 6.23. The molecule has 0 bridgehead atoms. The van der Waals surface area contributed by atoms with E-state index in [9.17, 15) is 0 Å². The number of nitrogens with one attached hydrogen (secondary N) is 2. The van der Waals surface area contributed by atoms with Gasteiger partial charge in [0.2, 0.25) is 0 Å². The van der Waals surface area contributed by atoms with Crippen LogP contribution in [0.2, 0.25) is 0 Å². The Morgan fingerprint density at radius 2 is 1.95 bits per heavy atom. The van der Waals surface area contributed by atoms with E-state index in [1.54, 1.807) is 0 Å². The lowest BCUT2D eigenvalue weighted by molar-refractivity contribution is 0.171. The fourth-order valence-electron chi connectivity index (χ4n) is 2.25. The predicted octanol–water partition coefficient (Wildman–Crippen LogP) is 2.74. The number of rotatable bonds is 3. The molecule has 0 unspecified atom stereocenters. The van der Waals surface area contributed by atoms with Gasteiger partial charge in [-0.25, -0.2) is 0 Å². The van der Waals surface area contributed by atoms with E-state index < -0.39 is 0 Å². The Bertz CT molecular complexity index is 629. The summed E-state index contributed by atoms with van der Waals surface area (Å²) in [7, 11) is 0. The van der Waals surface area contributed by atoms with Gasteiger partial charge in [-0.3, -0.25) is 5.10 Å². The normalized spacial score (nSPS) is 14.2. The summed E-state index contributed by atoms with van der Waals surface area (Å²) in [5, 5.41) is 10.7. The SMILES string of the molecule is CC(C)(C)NCc1cn[nH]c1-c1ccc2c(c1)OCCO2. The van der Waals surface area contributed by atoms with Gasteiger partial charge in [0.05, 0.1) is 11.9 Å². The van der Waals surface area contributed by atoms with Gasteiger partial charge in [-0.2, -0.15) is 5.10 Å². The number of fused-ring (bicyclic) bond motifs is 1. The minimum absolute atomic E-state index is 0.0708. The summed E-state index contributed by atoms with van der Waals surface area (Å²) in [6.45, 7) is 8.42. The molecule has 2 aromatic rings. The van der Waals surface area contributed by atoms with Crippen LogP contribution in [-0.4, -0.2) is 29.0 Å². The quantitative estimate of drug-likeness (QED) is 0.911. The zero-order valence-corrected chi connectivity index (χ0v) is 12.7. The van der Waals surface area contributed by atoms with Crippen molar-refractivity contribution in [3.05, 3.63) is 30.0 Å². The first kappa shape index (κ1) is 13.9. The van der Waals surface area contributed by atoms with Gasteiger partial charge >= 0.3 is 0 Å². The Morgan fingerprint density at radius 3 is 2.71 bits per heavy atom. The van der Waals surface area contributed by atoms with Crippen molar-refractivity contribution in [2.75, 3.05) is 13.2 Å². The summed E-state index contributed by atoms with van der Waals surface area (Å²) >= 11 is 0. The Morgan fingerprint density at radius 1 is 1.19 bits per heavy atom. The van der Waals surface area contributed by atoms with E-state index in [-0.39, 0.29) is 5.54 Å². The van der Waals surface area contributed by atoms with E-state index in [4.69, 9.17) is 9.47 Å². The van der Waals surface area contributed by atoms with Gasteiger partial charge in [0.1, 0.15) is 13.2 Å². The summed E-state index contributed by atoms with van der Waals surface area (Å²) < 4.78 is 11.2. The smallest absolute Gasteiger partial charge is 0.162 e. The molecule has 0 amide bonds. The van der Waals surface area contributed by atoms with E-state index in [1.165, 1.54) is 0 Å². The van der Waals surface area contributed by atoms with E-state index in [1.807, 2.05) is 24.4 Å². The zero-order chi connectivity index (χ0) is 14.9. The maximum atomic E-state index is 5.64. The molecule has 0 fully saturated rings. The summed E-state index contributed by atoms with van der Waals surface area (Å²) in [6, 6.07) is 5.98. The third-order valence-corrected chi connectivity index (χ3v) is 3.36. The lowest BCUT2D eigenvalue weighted by Crippen LogP contribution is -2.35. The molecule has 1 aromatic carbocycles. The average Bonchev–Trinajstić information content (AvgIpc) is 2.92. The fourth-order valence-corrected chi connectivity index (χ4v) is 2.25. The van der Waals surface area contributed by atoms with Crippen LogP contribution in [0.3, 0.4) is 0 Å². The molecule has 0 aliphatic carbocycles. The van der Waals surface area contributed by atoms with E-state index in [0.717, 1.165) is 34.9 Å². The molecule has 0 saturated heterocycles. The summed E-state index contributed by atoms with van der Waals surface area (Å²) in [4.78, 5) is 0. The minimum atomic E-state index is 0.0708. The van der Waals surface area contributed by atoms with Gasteiger partial charge in [0.15, 0.2) is 11.5 Å². The van der Waals surface area contributed by atoms with Crippen LogP contribution >= 0.6 is 0 Å². The monoisotopic (exact) mass is 287 g/mol. The number of H-pyrrole nitrogens is 1. The Kier molecular flexibility index (Phi) is 3.59. The van der Waals surface area contributed by atoms with E-state index >= 15 is 0 Å². The first-order chi connectivity index (χ1) is 10.0. The molecule has 0 radical (unpaired) electrons. The molecular weight excluding hydrogens is 266 g/mol. The Labute approximate surface area is 124 Å². The summed E-state index contributed by atoms with van der Waals surface area (Å²) in [5.41, 5.74) is 3.29. The molecule has 112 valence electrons. The molecule has 2 N–H and O–H groups in total. The third-order valence-electron chi connectivity index (χ3n) is 3.36. The number of aromatic amines is 1.